The summed E-state index contributed by atoms with van der Waals surface area (Å²) in [5.41, 5.74) is 12.7. The van der Waals surface area contributed by atoms with Crippen LogP contribution in [-0.4, -0.2) is 41.1 Å². The zero-order valence-corrected chi connectivity index (χ0v) is 20.8. The Kier molecular flexibility index (Phi) is 7.71. The van der Waals surface area contributed by atoms with Crippen LogP contribution in [0.4, 0.5) is 4.79 Å². The monoisotopic (exact) mass is 495 g/mol. The molecular formula is C27H33N3O6. The van der Waals surface area contributed by atoms with Crippen molar-refractivity contribution in [3.8, 4) is 0 Å². The predicted octanol–water partition coefficient (Wildman–Crippen LogP) is 2.85. The first-order valence-electron chi connectivity index (χ1n) is 11.9. The van der Waals surface area contributed by atoms with Gasteiger partial charge in [0, 0.05) is 17.7 Å². The summed E-state index contributed by atoms with van der Waals surface area (Å²) in [6.45, 7) is 5.32. The molecule has 6 N–H and O–H groups in total. The number of hydrogen-bond acceptors (Lipinski definition) is 5. The molecule has 1 unspecified atom stereocenters. The summed E-state index contributed by atoms with van der Waals surface area (Å²) < 4.78 is 5.29. The maximum absolute atomic E-state index is 12.9. The van der Waals surface area contributed by atoms with Crippen molar-refractivity contribution in [3.63, 3.8) is 0 Å². The highest BCUT2D eigenvalue weighted by atomic mass is 16.6. The first-order chi connectivity index (χ1) is 16.8. The van der Waals surface area contributed by atoms with Gasteiger partial charge in [-0.1, -0.05) is 12.1 Å². The van der Waals surface area contributed by atoms with Crippen LogP contribution in [0.3, 0.4) is 0 Å². The van der Waals surface area contributed by atoms with E-state index in [0.717, 1.165) is 11.1 Å². The van der Waals surface area contributed by atoms with Crippen LogP contribution in [0.15, 0.2) is 36.4 Å². The molecule has 0 bridgehead atoms. The molecule has 2 aromatic rings. The van der Waals surface area contributed by atoms with Crippen LogP contribution in [0.25, 0.3) is 0 Å². The fraction of sp³-hybridized carbons (Fsp3) is 0.407. The number of ether oxygens (including phenoxy) is 1. The lowest BCUT2D eigenvalue weighted by Gasteiger charge is -2.32. The van der Waals surface area contributed by atoms with Crippen molar-refractivity contribution in [2.45, 2.75) is 63.9 Å². The van der Waals surface area contributed by atoms with E-state index in [1.54, 1.807) is 45.0 Å². The Morgan fingerprint density at radius 3 is 2.08 bits per heavy atom. The van der Waals surface area contributed by atoms with Crippen LogP contribution in [0, 0.1) is 0 Å². The normalized spacial score (nSPS) is 17.4. The number of nitrogens with two attached hydrogens (primary N) is 2. The summed E-state index contributed by atoms with van der Waals surface area (Å²) in [7, 11) is 0. The molecule has 0 saturated heterocycles. The standard InChI is InChI=1S/C27H33N3O6/c1-26(2,3)36-25(35)30-13-12-27(24(33)34)11-10-16-4-7-19(22(28)31)14-17(16)5-6-18-15-20(23(29)32)8-9-21(18)27/h4,7-9,14-15H,5-6,10-13H2,1-3H3,(H2,28,31)(H2,29,32)(H,30,35)(H,33,34). The van der Waals surface area contributed by atoms with Gasteiger partial charge in [-0.25, -0.2) is 4.79 Å². The summed E-state index contributed by atoms with van der Waals surface area (Å²) >= 11 is 0. The number of rotatable bonds is 6. The number of carboxylic acid groups (broad SMARTS) is 1. The average molecular weight is 496 g/mol. The third kappa shape index (κ3) is 6.02. The molecule has 36 heavy (non-hydrogen) atoms. The second kappa shape index (κ2) is 10.4. The highest BCUT2D eigenvalue weighted by Gasteiger charge is 2.42. The van der Waals surface area contributed by atoms with Crippen molar-refractivity contribution in [2.75, 3.05) is 6.54 Å². The summed E-state index contributed by atoms with van der Waals surface area (Å²) in [4.78, 5) is 48.7. The molecule has 3 amide bonds. The smallest absolute Gasteiger partial charge is 0.407 e. The van der Waals surface area contributed by atoms with E-state index in [1.165, 1.54) is 6.07 Å². The maximum Gasteiger partial charge on any atom is 0.407 e. The first kappa shape index (κ1) is 26.7. The highest BCUT2D eigenvalue weighted by Crippen LogP contribution is 2.38. The van der Waals surface area contributed by atoms with Gasteiger partial charge in [0.2, 0.25) is 11.8 Å². The molecule has 0 aromatic heterocycles. The number of fused-ring (bicyclic) bond motifs is 2. The van der Waals surface area contributed by atoms with Gasteiger partial charge in [0.05, 0.1) is 5.41 Å². The average Bonchev–Trinajstić information content (AvgIpc) is 2.84. The van der Waals surface area contributed by atoms with E-state index in [4.69, 9.17) is 16.2 Å². The molecule has 3 rings (SSSR count). The highest BCUT2D eigenvalue weighted by molar-refractivity contribution is 5.94. The van der Waals surface area contributed by atoms with Gasteiger partial charge in [-0.2, -0.15) is 0 Å². The van der Waals surface area contributed by atoms with E-state index in [9.17, 15) is 24.3 Å². The van der Waals surface area contributed by atoms with Crippen molar-refractivity contribution in [2.24, 2.45) is 11.5 Å². The minimum Gasteiger partial charge on any atom is -0.481 e. The van der Waals surface area contributed by atoms with Crippen LogP contribution in [0.2, 0.25) is 0 Å². The van der Waals surface area contributed by atoms with E-state index in [0.29, 0.717) is 36.0 Å². The minimum atomic E-state index is -1.34. The number of primary amides is 2. The minimum absolute atomic E-state index is 0.0751. The molecule has 0 heterocycles. The van der Waals surface area contributed by atoms with E-state index >= 15 is 0 Å². The number of alkyl carbamates (subject to hydrolysis) is 1. The summed E-state index contributed by atoms with van der Waals surface area (Å²) in [6, 6.07) is 10.0. The zero-order chi connectivity index (χ0) is 26.7. The lowest BCUT2D eigenvalue weighted by Crippen LogP contribution is -2.42. The van der Waals surface area contributed by atoms with Crippen molar-refractivity contribution < 1.29 is 29.0 Å². The molecule has 1 aliphatic rings. The Labute approximate surface area is 210 Å². The number of carbonyl (C=O) groups excluding carboxylic acids is 3. The Hall–Kier alpha value is -3.88. The number of aryl methyl sites for hydroxylation is 3. The Morgan fingerprint density at radius 1 is 0.917 bits per heavy atom. The lowest BCUT2D eigenvalue weighted by molar-refractivity contribution is -0.144. The molecule has 0 radical (unpaired) electrons. The molecule has 192 valence electrons. The number of hydrogen-bond donors (Lipinski definition) is 4. The van der Waals surface area contributed by atoms with Crippen LogP contribution in [-0.2, 0) is 34.2 Å². The van der Waals surface area contributed by atoms with E-state index < -0.39 is 34.9 Å². The molecule has 0 fully saturated rings. The number of carbonyl (C=O) groups is 4. The molecular weight excluding hydrogens is 462 g/mol. The molecule has 1 aliphatic carbocycles. The van der Waals surface area contributed by atoms with Crippen molar-refractivity contribution in [1.82, 2.24) is 5.32 Å². The molecule has 0 saturated carbocycles. The van der Waals surface area contributed by atoms with Crippen molar-refractivity contribution in [1.29, 1.82) is 0 Å². The molecule has 2 aromatic carbocycles. The molecule has 9 heteroatoms. The first-order valence-corrected chi connectivity index (χ1v) is 11.9. The van der Waals surface area contributed by atoms with Crippen LogP contribution in [0.5, 0.6) is 0 Å². The van der Waals surface area contributed by atoms with Gasteiger partial charge < -0.3 is 26.6 Å². The Bertz CT molecular complexity index is 1200. The Balaban J connectivity index is 2.04. The van der Waals surface area contributed by atoms with Crippen LogP contribution < -0.4 is 16.8 Å². The molecule has 9 nitrogen and oxygen atoms in total. The van der Waals surface area contributed by atoms with E-state index in [-0.39, 0.29) is 24.9 Å². The maximum atomic E-state index is 12.9. The topological polar surface area (TPSA) is 162 Å². The van der Waals surface area contributed by atoms with Crippen molar-refractivity contribution in [3.05, 3.63) is 69.8 Å². The molecule has 0 aliphatic heterocycles. The van der Waals surface area contributed by atoms with Crippen LogP contribution >= 0.6 is 0 Å². The van der Waals surface area contributed by atoms with Gasteiger partial charge in [0.1, 0.15) is 5.60 Å². The van der Waals surface area contributed by atoms with Gasteiger partial charge in [0.25, 0.3) is 0 Å². The number of nitrogens with one attached hydrogen (secondary N) is 1. The third-order valence-corrected chi connectivity index (χ3v) is 6.51. The second-order valence-corrected chi connectivity index (χ2v) is 10.1. The number of aliphatic carboxylic acids is 1. The Morgan fingerprint density at radius 2 is 1.50 bits per heavy atom. The molecule has 1 atom stereocenters. The van der Waals surface area contributed by atoms with E-state index in [2.05, 4.69) is 5.32 Å². The quantitative estimate of drug-likeness (QED) is 0.482. The fourth-order valence-corrected chi connectivity index (χ4v) is 4.71. The predicted molar refractivity (Wildman–Crippen MR) is 134 cm³/mol. The largest absolute Gasteiger partial charge is 0.481 e. The lowest BCUT2D eigenvalue weighted by atomic mass is 9.71. The van der Waals surface area contributed by atoms with Gasteiger partial charge in [-0.15, -0.1) is 0 Å². The zero-order valence-electron chi connectivity index (χ0n) is 20.8. The van der Waals surface area contributed by atoms with Crippen LogP contribution in [0.1, 0.15) is 76.6 Å². The third-order valence-electron chi connectivity index (χ3n) is 6.51. The summed E-state index contributed by atoms with van der Waals surface area (Å²) in [5.74, 6) is -2.18. The fourth-order valence-electron chi connectivity index (χ4n) is 4.71. The summed E-state index contributed by atoms with van der Waals surface area (Å²) in [5, 5.41) is 13.2. The summed E-state index contributed by atoms with van der Waals surface area (Å²) in [6.07, 6.45) is 1.12. The number of amides is 3. The van der Waals surface area contributed by atoms with Crippen molar-refractivity contribution >= 4 is 23.9 Å². The SMILES string of the molecule is CC(C)(C)OC(=O)NCCC1(C(=O)O)CCc2ccc(C(N)=O)cc2CCc2cc(C(N)=O)ccc21. The van der Waals surface area contributed by atoms with Gasteiger partial charge in [-0.3, -0.25) is 14.4 Å². The van der Waals surface area contributed by atoms with Gasteiger partial charge in [-0.05, 0) is 99.4 Å². The molecule has 0 spiro atoms. The van der Waals surface area contributed by atoms with E-state index in [1.807, 2.05) is 6.07 Å². The van der Waals surface area contributed by atoms with Gasteiger partial charge in [0.15, 0.2) is 0 Å². The second-order valence-electron chi connectivity index (χ2n) is 10.1. The number of benzene rings is 2. The van der Waals surface area contributed by atoms with Gasteiger partial charge >= 0.3 is 12.1 Å². The number of carboxylic acids is 1.